The van der Waals surface area contributed by atoms with Crippen molar-refractivity contribution >= 4 is 11.6 Å². The summed E-state index contributed by atoms with van der Waals surface area (Å²) < 4.78 is 0. The van der Waals surface area contributed by atoms with Crippen LogP contribution < -0.4 is 5.73 Å². The number of hydrogen-bond donors (Lipinski definition) is 3. The normalized spacial score (nSPS) is 12.8. The van der Waals surface area contributed by atoms with Crippen LogP contribution in [-0.4, -0.2) is 23.4 Å². The number of phenolic OH excluding ortho intramolecular Hbond substituents is 1. The van der Waals surface area contributed by atoms with Crippen molar-refractivity contribution in [3.8, 4) is 5.75 Å². The van der Waals surface area contributed by atoms with Crippen LogP contribution >= 0.6 is 11.6 Å². The summed E-state index contributed by atoms with van der Waals surface area (Å²) in [5, 5.41) is 18.9. The molecule has 0 aliphatic carbocycles. The molecule has 1 unspecified atom stereocenters. The molecule has 0 saturated heterocycles. The van der Waals surface area contributed by atoms with E-state index in [1.165, 1.54) is 6.07 Å². The van der Waals surface area contributed by atoms with E-state index in [1.807, 2.05) is 0 Å². The molecule has 3 nitrogen and oxygen atoms in total. The van der Waals surface area contributed by atoms with Crippen LogP contribution in [0.3, 0.4) is 0 Å². The summed E-state index contributed by atoms with van der Waals surface area (Å²) in [5.41, 5.74) is 5.95. The van der Waals surface area contributed by atoms with Gasteiger partial charge in [0.05, 0.1) is 6.61 Å². The Bertz CT molecular complexity index is 267. The Hall–Kier alpha value is -0.770. The second kappa shape index (κ2) is 4.46. The molecular formula is C9H12ClNO2. The van der Waals surface area contributed by atoms with E-state index in [0.29, 0.717) is 10.6 Å². The molecule has 0 spiro atoms. The lowest BCUT2D eigenvalue weighted by Gasteiger charge is -2.14. The third-order valence-corrected chi connectivity index (χ3v) is 2.27. The molecule has 1 aromatic carbocycles. The topological polar surface area (TPSA) is 66.5 Å². The van der Waals surface area contributed by atoms with Crippen molar-refractivity contribution in [3.05, 3.63) is 28.8 Å². The predicted octanol–water partition coefficient (Wildman–Crippen LogP) is 1.08. The van der Waals surface area contributed by atoms with E-state index in [2.05, 4.69) is 0 Å². The highest BCUT2D eigenvalue weighted by molar-refractivity contribution is 6.31. The Labute approximate surface area is 81.8 Å². The number of phenols is 1. The Balaban J connectivity index is 3.10. The van der Waals surface area contributed by atoms with Gasteiger partial charge in [-0.1, -0.05) is 17.7 Å². The lowest BCUT2D eigenvalue weighted by Crippen LogP contribution is -2.16. The number of aliphatic hydroxyl groups excluding tert-OH is 1. The summed E-state index contributed by atoms with van der Waals surface area (Å²) in [5.74, 6) is -0.217. The SMILES string of the molecule is NCC(CO)c1c(O)cccc1Cl. The first-order chi connectivity index (χ1) is 6.20. The van der Waals surface area contributed by atoms with Gasteiger partial charge >= 0.3 is 0 Å². The highest BCUT2D eigenvalue weighted by Gasteiger charge is 2.15. The fourth-order valence-electron chi connectivity index (χ4n) is 1.21. The number of rotatable bonds is 3. The zero-order valence-corrected chi connectivity index (χ0v) is 7.83. The van der Waals surface area contributed by atoms with E-state index < -0.39 is 0 Å². The molecule has 72 valence electrons. The molecule has 0 amide bonds. The van der Waals surface area contributed by atoms with Crippen molar-refractivity contribution in [2.24, 2.45) is 5.73 Å². The third-order valence-electron chi connectivity index (χ3n) is 1.94. The Kier molecular flexibility index (Phi) is 3.54. The van der Waals surface area contributed by atoms with E-state index in [1.54, 1.807) is 12.1 Å². The van der Waals surface area contributed by atoms with Gasteiger partial charge in [-0.2, -0.15) is 0 Å². The summed E-state index contributed by atoms with van der Waals surface area (Å²) >= 11 is 5.86. The second-order valence-electron chi connectivity index (χ2n) is 2.79. The van der Waals surface area contributed by atoms with Gasteiger partial charge in [0.25, 0.3) is 0 Å². The van der Waals surface area contributed by atoms with Gasteiger partial charge < -0.3 is 15.9 Å². The van der Waals surface area contributed by atoms with Crippen molar-refractivity contribution in [3.63, 3.8) is 0 Å². The third kappa shape index (κ3) is 2.12. The summed E-state index contributed by atoms with van der Waals surface area (Å²) in [7, 11) is 0. The maximum atomic E-state index is 9.47. The molecule has 0 bridgehead atoms. The zero-order chi connectivity index (χ0) is 9.84. The minimum absolute atomic E-state index is 0.0806. The fourth-order valence-corrected chi connectivity index (χ4v) is 1.54. The molecule has 0 radical (unpaired) electrons. The first kappa shape index (κ1) is 10.3. The van der Waals surface area contributed by atoms with Gasteiger partial charge in [-0.25, -0.2) is 0 Å². The van der Waals surface area contributed by atoms with Crippen LogP contribution in [0.4, 0.5) is 0 Å². The molecule has 0 aliphatic heterocycles. The Morgan fingerprint density at radius 3 is 2.62 bits per heavy atom. The number of nitrogens with two attached hydrogens (primary N) is 1. The molecule has 4 heteroatoms. The van der Waals surface area contributed by atoms with Crippen LogP contribution in [0.5, 0.6) is 5.75 Å². The van der Waals surface area contributed by atoms with Gasteiger partial charge in [-0.05, 0) is 12.1 Å². The molecule has 4 N–H and O–H groups in total. The van der Waals surface area contributed by atoms with Gasteiger partial charge in [0.2, 0.25) is 0 Å². The van der Waals surface area contributed by atoms with Crippen LogP contribution in [-0.2, 0) is 0 Å². The number of aromatic hydroxyl groups is 1. The number of aliphatic hydroxyl groups is 1. The van der Waals surface area contributed by atoms with E-state index in [-0.39, 0.29) is 24.8 Å². The number of halogens is 1. The summed E-state index contributed by atoms with van der Waals surface area (Å²) in [6, 6.07) is 4.83. The number of hydrogen-bond acceptors (Lipinski definition) is 3. The lowest BCUT2D eigenvalue weighted by atomic mass is 9.99. The molecule has 0 saturated carbocycles. The smallest absolute Gasteiger partial charge is 0.120 e. The van der Waals surface area contributed by atoms with Gasteiger partial charge in [0.1, 0.15) is 5.75 Å². The zero-order valence-electron chi connectivity index (χ0n) is 7.07. The molecule has 1 aromatic rings. The highest BCUT2D eigenvalue weighted by Crippen LogP contribution is 2.31. The molecule has 0 aliphatic rings. The average molecular weight is 202 g/mol. The minimum atomic E-state index is -0.298. The van der Waals surface area contributed by atoms with Crippen molar-refractivity contribution in [1.82, 2.24) is 0 Å². The van der Waals surface area contributed by atoms with Gasteiger partial charge in [-0.3, -0.25) is 0 Å². The van der Waals surface area contributed by atoms with Crippen LogP contribution in [0.1, 0.15) is 11.5 Å². The van der Waals surface area contributed by atoms with Gasteiger partial charge in [-0.15, -0.1) is 0 Å². The van der Waals surface area contributed by atoms with Crippen molar-refractivity contribution in [2.75, 3.05) is 13.2 Å². The van der Waals surface area contributed by atoms with Gasteiger partial charge in [0.15, 0.2) is 0 Å². The van der Waals surface area contributed by atoms with E-state index in [9.17, 15) is 5.11 Å². The number of benzene rings is 1. The molecular weight excluding hydrogens is 190 g/mol. The van der Waals surface area contributed by atoms with Crippen molar-refractivity contribution in [1.29, 1.82) is 0 Å². The summed E-state index contributed by atoms with van der Waals surface area (Å²) in [4.78, 5) is 0. The Morgan fingerprint density at radius 2 is 2.15 bits per heavy atom. The van der Waals surface area contributed by atoms with Crippen molar-refractivity contribution in [2.45, 2.75) is 5.92 Å². The van der Waals surface area contributed by atoms with Crippen LogP contribution in [0.15, 0.2) is 18.2 Å². The molecule has 1 atom stereocenters. The monoisotopic (exact) mass is 201 g/mol. The molecule has 0 aromatic heterocycles. The molecule has 1 rings (SSSR count). The first-order valence-corrected chi connectivity index (χ1v) is 4.36. The van der Waals surface area contributed by atoms with Gasteiger partial charge in [0, 0.05) is 23.0 Å². The van der Waals surface area contributed by atoms with Crippen LogP contribution in [0.2, 0.25) is 5.02 Å². The predicted molar refractivity (Wildman–Crippen MR) is 52.0 cm³/mol. The summed E-state index contributed by atoms with van der Waals surface area (Å²) in [6.07, 6.45) is 0. The molecule has 0 heterocycles. The second-order valence-corrected chi connectivity index (χ2v) is 3.20. The fraction of sp³-hybridized carbons (Fsp3) is 0.333. The van der Waals surface area contributed by atoms with Crippen molar-refractivity contribution < 1.29 is 10.2 Å². The summed E-state index contributed by atoms with van der Waals surface area (Å²) in [6.45, 7) is 0.140. The van der Waals surface area contributed by atoms with E-state index >= 15 is 0 Å². The van der Waals surface area contributed by atoms with Crippen LogP contribution in [0.25, 0.3) is 0 Å². The first-order valence-electron chi connectivity index (χ1n) is 3.99. The maximum Gasteiger partial charge on any atom is 0.120 e. The van der Waals surface area contributed by atoms with E-state index in [4.69, 9.17) is 22.4 Å². The molecule has 13 heavy (non-hydrogen) atoms. The minimum Gasteiger partial charge on any atom is -0.508 e. The lowest BCUT2D eigenvalue weighted by molar-refractivity contribution is 0.265. The standard InChI is InChI=1S/C9H12ClNO2/c10-7-2-1-3-8(13)9(7)6(4-11)5-12/h1-3,6,12-13H,4-5,11H2. The van der Waals surface area contributed by atoms with Crippen LogP contribution in [0, 0.1) is 0 Å². The maximum absolute atomic E-state index is 9.47. The highest BCUT2D eigenvalue weighted by atomic mass is 35.5. The Morgan fingerprint density at radius 1 is 1.46 bits per heavy atom. The largest absolute Gasteiger partial charge is 0.508 e. The average Bonchev–Trinajstić information content (AvgIpc) is 2.11. The molecule has 0 fully saturated rings. The quantitative estimate of drug-likeness (QED) is 0.686. The van der Waals surface area contributed by atoms with E-state index in [0.717, 1.165) is 0 Å².